The van der Waals surface area contributed by atoms with Gasteiger partial charge >= 0.3 is 0 Å². The van der Waals surface area contributed by atoms with E-state index in [4.69, 9.17) is 32.2 Å². The number of hydrogen-bond acceptors (Lipinski definition) is 2. The normalized spacial score (nSPS) is 12.6. The fourth-order valence-electron chi connectivity index (χ4n) is 2.08. The van der Waals surface area contributed by atoms with E-state index in [9.17, 15) is 0 Å². The standard InChI is InChI=1S/C15H24Cl2O2Si/c1-15(2,3)13-8-12(16)7-11(9-20(5,6)17)14(13)19-10-18-4/h7-8H,9-10H2,1-6H3. The van der Waals surface area contributed by atoms with Crippen LogP contribution in [0.1, 0.15) is 31.9 Å². The van der Waals surface area contributed by atoms with Gasteiger partial charge < -0.3 is 9.47 Å². The van der Waals surface area contributed by atoms with Gasteiger partial charge in [-0.1, -0.05) is 45.5 Å². The highest BCUT2D eigenvalue weighted by Crippen LogP contribution is 2.38. The topological polar surface area (TPSA) is 18.5 Å². The van der Waals surface area contributed by atoms with Gasteiger partial charge in [-0.2, -0.15) is 11.1 Å². The van der Waals surface area contributed by atoms with Crippen LogP contribution in [0, 0.1) is 0 Å². The van der Waals surface area contributed by atoms with Gasteiger partial charge in [0.05, 0.1) is 0 Å². The highest BCUT2D eigenvalue weighted by molar-refractivity contribution is 7.18. The molecular formula is C15H24Cl2O2Si. The number of methoxy groups -OCH3 is 1. The molecule has 0 unspecified atom stereocenters. The molecule has 0 atom stereocenters. The third kappa shape index (κ3) is 5.28. The first-order valence-electron chi connectivity index (χ1n) is 6.68. The van der Waals surface area contributed by atoms with Gasteiger partial charge in [0.2, 0.25) is 0 Å². The lowest BCUT2D eigenvalue weighted by Gasteiger charge is -2.26. The Bertz CT molecular complexity index is 462. The van der Waals surface area contributed by atoms with Crippen LogP contribution in [0.2, 0.25) is 18.1 Å². The molecule has 0 fully saturated rings. The smallest absolute Gasteiger partial charge is 0.188 e. The second kappa shape index (κ2) is 6.69. The molecule has 1 aromatic rings. The first-order valence-corrected chi connectivity index (χ1v) is 11.3. The van der Waals surface area contributed by atoms with E-state index in [1.54, 1.807) is 7.11 Å². The summed E-state index contributed by atoms with van der Waals surface area (Å²) in [6, 6.07) is 4.75. The summed E-state index contributed by atoms with van der Waals surface area (Å²) in [5, 5.41) is 0.726. The van der Waals surface area contributed by atoms with Gasteiger partial charge in [0.1, 0.15) is 5.75 Å². The van der Waals surface area contributed by atoms with Gasteiger partial charge in [-0.15, -0.1) is 0 Å². The Hall–Kier alpha value is -0.223. The number of hydrogen-bond donors (Lipinski definition) is 0. The molecule has 20 heavy (non-hydrogen) atoms. The quantitative estimate of drug-likeness (QED) is 0.421. The van der Waals surface area contributed by atoms with E-state index in [1.807, 2.05) is 12.1 Å². The van der Waals surface area contributed by atoms with Gasteiger partial charge in [-0.25, -0.2) is 0 Å². The van der Waals surface area contributed by atoms with Crippen LogP contribution in [0.3, 0.4) is 0 Å². The van der Waals surface area contributed by atoms with Crippen molar-refractivity contribution in [2.24, 2.45) is 0 Å². The van der Waals surface area contributed by atoms with Crippen molar-refractivity contribution in [3.63, 3.8) is 0 Å². The van der Waals surface area contributed by atoms with Crippen LogP contribution in [0.5, 0.6) is 5.75 Å². The SMILES string of the molecule is COCOc1c(C[Si](C)(C)Cl)cc(Cl)cc1C(C)(C)C. The summed E-state index contributed by atoms with van der Waals surface area (Å²) in [5.74, 6) is 0.866. The fourth-order valence-corrected chi connectivity index (χ4v) is 3.92. The summed E-state index contributed by atoms with van der Waals surface area (Å²) < 4.78 is 10.9. The molecule has 1 aromatic carbocycles. The maximum absolute atomic E-state index is 6.50. The van der Waals surface area contributed by atoms with Crippen molar-refractivity contribution in [3.8, 4) is 5.75 Å². The minimum Gasteiger partial charge on any atom is -0.467 e. The lowest BCUT2D eigenvalue weighted by Crippen LogP contribution is -2.23. The Morgan fingerprint density at radius 3 is 2.25 bits per heavy atom. The average molecular weight is 335 g/mol. The van der Waals surface area contributed by atoms with E-state index in [-0.39, 0.29) is 12.2 Å². The molecule has 0 radical (unpaired) electrons. The van der Waals surface area contributed by atoms with Crippen molar-refractivity contribution < 1.29 is 9.47 Å². The molecule has 0 aliphatic carbocycles. The first kappa shape index (κ1) is 17.8. The molecule has 2 nitrogen and oxygen atoms in total. The van der Waals surface area contributed by atoms with E-state index in [0.29, 0.717) is 0 Å². The number of benzene rings is 1. The van der Waals surface area contributed by atoms with E-state index in [1.165, 1.54) is 0 Å². The van der Waals surface area contributed by atoms with Gasteiger partial charge in [-0.3, -0.25) is 0 Å². The molecule has 0 amide bonds. The molecule has 0 saturated heterocycles. The molecule has 5 heteroatoms. The zero-order valence-electron chi connectivity index (χ0n) is 13.1. The van der Waals surface area contributed by atoms with Crippen molar-refractivity contribution in [1.82, 2.24) is 0 Å². The monoisotopic (exact) mass is 334 g/mol. The Balaban J connectivity index is 3.36. The summed E-state index contributed by atoms with van der Waals surface area (Å²) in [4.78, 5) is 0. The third-order valence-corrected chi connectivity index (χ3v) is 4.71. The molecule has 0 saturated carbocycles. The summed E-state index contributed by atoms with van der Waals surface area (Å²) in [6.45, 7) is 10.9. The van der Waals surface area contributed by atoms with Crippen molar-refractivity contribution in [2.45, 2.75) is 45.3 Å². The summed E-state index contributed by atoms with van der Waals surface area (Å²) >= 11 is 12.8. The minimum atomic E-state index is -1.78. The lowest BCUT2D eigenvalue weighted by molar-refractivity contribution is 0.0492. The van der Waals surface area contributed by atoms with Crippen molar-refractivity contribution >= 4 is 30.1 Å². The maximum atomic E-state index is 6.50. The number of halogens is 2. The predicted molar refractivity (Wildman–Crippen MR) is 89.7 cm³/mol. The Morgan fingerprint density at radius 2 is 1.80 bits per heavy atom. The van der Waals surface area contributed by atoms with Crippen LogP contribution in [0.4, 0.5) is 0 Å². The third-order valence-electron chi connectivity index (χ3n) is 2.87. The van der Waals surface area contributed by atoms with E-state index in [0.717, 1.165) is 27.9 Å². The molecule has 0 aliphatic heterocycles. The summed E-state index contributed by atoms with van der Waals surface area (Å²) in [6.07, 6.45) is 0. The Kier molecular flexibility index (Phi) is 5.97. The van der Waals surface area contributed by atoms with Crippen LogP contribution in [0.15, 0.2) is 12.1 Å². The molecule has 114 valence electrons. The summed E-state index contributed by atoms with van der Waals surface area (Å²) in [5.41, 5.74) is 2.11. The maximum Gasteiger partial charge on any atom is 0.188 e. The van der Waals surface area contributed by atoms with Crippen molar-refractivity contribution in [3.05, 3.63) is 28.3 Å². The fraction of sp³-hybridized carbons (Fsp3) is 0.600. The average Bonchev–Trinajstić information content (AvgIpc) is 2.23. The molecule has 0 spiro atoms. The first-order chi connectivity index (χ1) is 9.04. The zero-order chi connectivity index (χ0) is 15.6. The van der Waals surface area contributed by atoms with Crippen LogP contribution in [-0.4, -0.2) is 21.3 Å². The van der Waals surface area contributed by atoms with Crippen LogP contribution in [-0.2, 0) is 16.2 Å². The lowest BCUT2D eigenvalue weighted by atomic mass is 9.85. The molecule has 0 aliphatic rings. The van der Waals surface area contributed by atoms with Gasteiger partial charge in [-0.05, 0) is 29.2 Å². The van der Waals surface area contributed by atoms with E-state index >= 15 is 0 Å². The Morgan fingerprint density at radius 1 is 1.20 bits per heavy atom. The molecule has 0 N–H and O–H groups in total. The van der Waals surface area contributed by atoms with E-state index < -0.39 is 7.38 Å². The largest absolute Gasteiger partial charge is 0.467 e. The molecule has 0 heterocycles. The highest BCUT2D eigenvalue weighted by atomic mass is 35.6. The van der Waals surface area contributed by atoms with Gasteiger partial charge in [0.25, 0.3) is 0 Å². The van der Waals surface area contributed by atoms with Crippen molar-refractivity contribution in [2.75, 3.05) is 13.9 Å². The second-order valence-corrected chi connectivity index (χ2v) is 13.9. The summed E-state index contributed by atoms with van der Waals surface area (Å²) in [7, 11) is -0.163. The number of ether oxygens (including phenoxy) is 2. The molecule has 0 aromatic heterocycles. The zero-order valence-corrected chi connectivity index (χ0v) is 15.7. The van der Waals surface area contributed by atoms with Crippen LogP contribution >= 0.6 is 22.7 Å². The van der Waals surface area contributed by atoms with Gasteiger partial charge in [0.15, 0.2) is 14.2 Å². The van der Waals surface area contributed by atoms with Gasteiger partial charge in [0, 0.05) is 17.7 Å². The highest BCUT2D eigenvalue weighted by Gasteiger charge is 2.26. The Labute approximate surface area is 133 Å². The van der Waals surface area contributed by atoms with Crippen molar-refractivity contribution in [1.29, 1.82) is 0 Å². The molecule has 1 rings (SSSR count). The predicted octanol–water partition coefficient (Wildman–Crippen LogP) is 5.15. The van der Waals surface area contributed by atoms with E-state index in [2.05, 4.69) is 33.9 Å². The molecular weight excluding hydrogens is 311 g/mol. The number of rotatable bonds is 5. The second-order valence-electron chi connectivity index (χ2n) is 6.64. The minimum absolute atomic E-state index is 0.0548. The van der Waals surface area contributed by atoms with Crippen LogP contribution in [0.25, 0.3) is 0 Å². The van der Waals surface area contributed by atoms with Crippen LogP contribution < -0.4 is 4.74 Å². The molecule has 0 bridgehead atoms.